The Kier molecular flexibility index (Phi) is 6.03. The van der Waals surface area contributed by atoms with Crippen LogP contribution in [-0.2, 0) is 25.9 Å². The van der Waals surface area contributed by atoms with Crippen LogP contribution in [0.5, 0.6) is 0 Å². The normalized spacial score (nSPS) is 17.2. The van der Waals surface area contributed by atoms with Crippen LogP contribution in [0.15, 0.2) is 36.5 Å². The summed E-state index contributed by atoms with van der Waals surface area (Å²) < 4.78 is 4.20. The van der Waals surface area contributed by atoms with Crippen molar-refractivity contribution in [2.75, 3.05) is 26.2 Å². The van der Waals surface area contributed by atoms with Crippen LogP contribution in [0.4, 0.5) is 0 Å². The molecule has 1 aromatic carbocycles. The topological polar surface area (TPSA) is 72.1 Å². The molecule has 8 heteroatoms. The van der Waals surface area contributed by atoms with Crippen molar-refractivity contribution in [3.05, 3.63) is 59.4 Å². The van der Waals surface area contributed by atoms with Gasteiger partial charge in [-0.2, -0.15) is 5.10 Å². The molecule has 0 unspecified atom stereocenters. The largest absolute Gasteiger partial charge is 0.336 e. The van der Waals surface area contributed by atoms with Gasteiger partial charge < -0.3 is 9.47 Å². The highest BCUT2D eigenvalue weighted by atomic mass is 16.2. The van der Waals surface area contributed by atoms with E-state index in [1.807, 2.05) is 39.9 Å². The van der Waals surface area contributed by atoms with Gasteiger partial charge in [-0.15, -0.1) is 10.2 Å². The highest BCUT2D eigenvalue weighted by molar-refractivity contribution is 5.95. The first-order valence-corrected chi connectivity index (χ1v) is 11.8. The van der Waals surface area contributed by atoms with Crippen molar-refractivity contribution in [3.63, 3.8) is 0 Å². The molecule has 2 aliphatic rings. The summed E-state index contributed by atoms with van der Waals surface area (Å²) in [7, 11) is 0. The third kappa shape index (κ3) is 4.07. The van der Waals surface area contributed by atoms with Gasteiger partial charge in [0, 0.05) is 39.1 Å². The number of nitrogens with zero attached hydrogens (tertiary/aromatic N) is 7. The minimum absolute atomic E-state index is 0.0834. The average molecular weight is 434 g/mol. The van der Waals surface area contributed by atoms with Crippen LogP contribution in [0, 0.1) is 0 Å². The molecule has 2 aromatic heterocycles. The summed E-state index contributed by atoms with van der Waals surface area (Å²) in [4.78, 5) is 17.7. The smallest absolute Gasteiger partial charge is 0.257 e. The molecule has 1 amide bonds. The van der Waals surface area contributed by atoms with Gasteiger partial charge in [-0.25, -0.2) is 4.68 Å². The monoisotopic (exact) mass is 433 g/mol. The van der Waals surface area contributed by atoms with E-state index in [0.29, 0.717) is 5.56 Å². The van der Waals surface area contributed by atoms with Gasteiger partial charge in [0.2, 0.25) is 0 Å². The summed E-state index contributed by atoms with van der Waals surface area (Å²) in [6.07, 6.45) is 7.20. The molecule has 0 radical (unpaired) electrons. The van der Waals surface area contributed by atoms with Crippen molar-refractivity contribution < 1.29 is 4.79 Å². The average Bonchev–Trinajstić information content (AvgIpc) is 3.35. The lowest BCUT2D eigenvalue weighted by atomic mass is 10.1. The van der Waals surface area contributed by atoms with Gasteiger partial charge in [0.25, 0.3) is 5.91 Å². The molecule has 1 saturated heterocycles. The van der Waals surface area contributed by atoms with Crippen molar-refractivity contribution in [2.45, 2.75) is 52.1 Å². The van der Waals surface area contributed by atoms with E-state index in [9.17, 15) is 4.79 Å². The molecule has 2 aliphatic heterocycles. The molecule has 4 heterocycles. The quantitative estimate of drug-likeness (QED) is 0.619. The SMILES string of the molecule is CCc1c(C(=O)N2CCN(Cc3nnc4n3CCCCC4)CC2)cnn1-c1ccccc1. The number of para-hydroxylation sites is 1. The lowest BCUT2D eigenvalue weighted by molar-refractivity contribution is 0.0622. The summed E-state index contributed by atoms with van der Waals surface area (Å²) in [5.74, 6) is 2.29. The Labute approximate surface area is 188 Å². The Bertz CT molecular complexity index is 1060. The van der Waals surface area contributed by atoms with Crippen molar-refractivity contribution >= 4 is 5.91 Å². The highest BCUT2D eigenvalue weighted by Gasteiger charge is 2.27. The minimum atomic E-state index is 0.0834. The number of hydrogen-bond donors (Lipinski definition) is 0. The Balaban J connectivity index is 1.24. The van der Waals surface area contributed by atoms with Gasteiger partial charge in [-0.05, 0) is 31.4 Å². The Morgan fingerprint density at radius 1 is 0.969 bits per heavy atom. The number of aromatic nitrogens is 5. The van der Waals surface area contributed by atoms with E-state index in [1.54, 1.807) is 6.20 Å². The number of amides is 1. The zero-order valence-electron chi connectivity index (χ0n) is 18.8. The van der Waals surface area contributed by atoms with Gasteiger partial charge in [-0.1, -0.05) is 31.5 Å². The maximum absolute atomic E-state index is 13.3. The first-order chi connectivity index (χ1) is 15.7. The van der Waals surface area contributed by atoms with Crippen LogP contribution < -0.4 is 0 Å². The Morgan fingerprint density at radius 3 is 2.56 bits per heavy atom. The maximum atomic E-state index is 13.3. The van der Waals surface area contributed by atoms with E-state index in [2.05, 4.69) is 31.7 Å². The fourth-order valence-corrected chi connectivity index (χ4v) is 4.83. The van der Waals surface area contributed by atoms with Crippen LogP contribution in [0.3, 0.4) is 0 Å². The molecule has 0 spiro atoms. The molecule has 0 atom stereocenters. The van der Waals surface area contributed by atoms with Crippen LogP contribution in [0.2, 0.25) is 0 Å². The van der Waals surface area contributed by atoms with E-state index in [0.717, 1.165) is 75.1 Å². The van der Waals surface area contributed by atoms with Gasteiger partial charge in [0.05, 0.1) is 29.7 Å². The van der Waals surface area contributed by atoms with Crippen molar-refractivity contribution in [3.8, 4) is 5.69 Å². The summed E-state index contributed by atoms with van der Waals surface area (Å²) in [5, 5.41) is 13.4. The molecule has 168 valence electrons. The van der Waals surface area contributed by atoms with Crippen LogP contribution in [0.25, 0.3) is 5.69 Å². The van der Waals surface area contributed by atoms with E-state index in [4.69, 9.17) is 0 Å². The predicted molar refractivity (Wildman–Crippen MR) is 122 cm³/mol. The van der Waals surface area contributed by atoms with Crippen LogP contribution >= 0.6 is 0 Å². The number of aryl methyl sites for hydroxylation is 1. The first kappa shape index (κ1) is 20.9. The van der Waals surface area contributed by atoms with Gasteiger partial charge in [0.15, 0.2) is 0 Å². The predicted octanol–water partition coefficient (Wildman–Crippen LogP) is 2.71. The zero-order valence-corrected chi connectivity index (χ0v) is 18.8. The highest BCUT2D eigenvalue weighted by Crippen LogP contribution is 2.20. The lowest BCUT2D eigenvalue weighted by Gasteiger charge is -2.34. The maximum Gasteiger partial charge on any atom is 0.257 e. The van der Waals surface area contributed by atoms with Crippen LogP contribution in [0.1, 0.15) is 53.9 Å². The molecule has 8 nitrogen and oxygen atoms in total. The minimum Gasteiger partial charge on any atom is -0.336 e. The fourth-order valence-electron chi connectivity index (χ4n) is 4.83. The van der Waals surface area contributed by atoms with Crippen molar-refractivity contribution in [2.24, 2.45) is 0 Å². The molecule has 0 saturated carbocycles. The zero-order chi connectivity index (χ0) is 21.9. The number of carbonyl (C=O) groups is 1. The number of hydrogen-bond acceptors (Lipinski definition) is 5. The van der Waals surface area contributed by atoms with E-state index < -0.39 is 0 Å². The second-order valence-electron chi connectivity index (χ2n) is 8.67. The molecule has 3 aromatic rings. The fraction of sp³-hybridized carbons (Fsp3) is 0.500. The number of fused-ring (bicyclic) bond motifs is 1. The van der Waals surface area contributed by atoms with E-state index in [-0.39, 0.29) is 5.91 Å². The lowest BCUT2D eigenvalue weighted by Crippen LogP contribution is -2.48. The molecule has 0 aliphatic carbocycles. The summed E-state index contributed by atoms with van der Waals surface area (Å²) in [5.41, 5.74) is 2.67. The third-order valence-electron chi connectivity index (χ3n) is 6.65. The van der Waals surface area contributed by atoms with Crippen molar-refractivity contribution in [1.29, 1.82) is 0 Å². The number of carbonyl (C=O) groups excluding carboxylic acids is 1. The van der Waals surface area contributed by atoms with Crippen LogP contribution in [-0.4, -0.2) is 66.4 Å². The van der Waals surface area contributed by atoms with Gasteiger partial charge in [0.1, 0.15) is 11.6 Å². The Morgan fingerprint density at radius 2 is 1.78 bits per heavy atom. The molecule has 0 N–H and O–H groups in total. The van der Waals surface area contributed by atoms with Crippen molar-refractivity contribution in [1.82, 2.24) is 34.3 Å². The number of piperazine rings is 1. The molecular weight excluding hydrogens is 402 g/mol. The summed E-state index contributed by atoms with van der Waals surface area (Å²) in [6.45, 7) is 7.05. The standard InChI is InChI=1S/C24H31N7O/c1-2-21-20(17-25-31(21)19-9-5-3-6-10-19)24(32)29-15-13-28(14-16-29)18-23-27-26-22-11-7-4-8-12-30(22)23/h3,5-6,9-10,17H,2,4,7-8,11-16,18H2,1H3. The summed E-state index contributed by atoms with van der Waals surface area (Å²) >= 11 is 0. The molecule has 5 rings (SSSR count). The second-order valence-corrected chi connectivity index (χ2v) is 8.67. The molecule has 32 heavy (non-hydrogen) atoms. The molecule has 1 fully saturated rings. The second kappa shape index (κ2) is 9.24. The Hall–Kier alpha value is -3.00. The first-order valence-electron chi connectivity index (χ1n) is 11.8. The van der Waals surface area contributed by atoms with Gasteiger partial charge in [-0.3, -0.25) is 9.69 Å². The number of benzene rings is 1. The molecule has 0 bridgehead atoms. The van der Waals surface area contributed by atoms with Gasteiger partial charge >= 0.3 is 0 Å². The van der Waals surface area contributed by atoms with E-state index >= 15 is 0 Å². The summed E-state index contributed by atoms with van der Waals surface area (Å²) in [6, 6.07) is 10.0. The third-order valence-corrected chi connectivity index (χ3v) is 6.65. The number of rotatable bonds is 5. The molecular formula is C24H31N7O. The van der Waals surface area contributed by atoms with E-state index in [1.165, 1.54) is 19.3 Å².